The fraction of sp³-hybridized carbons (Fsp3) is 0. The number of nitrogens with zero attached hydrogens (tertiary/aromatic N) is 2. The van der Waals surface area contributed by atoms with E-state index in [1.54, 1.807) is 0 Å². The third-order valence-electron chi connectivity index (χ3n) is 3.01. The van der Waals surface area contributed by atoms with E-state index in [1.807, 2.05) is 24.0 Å². The van der Waals surface area contributed by atoms with Gasteiger partial charge in [0.05, 0.1) is 6.20 Å². The van der Waals surface area contributed by atoms with Crippen molar-refractivity contribution in [3.8, 4) is 11.3 Å². The Kier molecular flexibility index (Phi) is 1.79. The van der Waals surface area contributed by atoms with Crippen molar-refractivity contribution in [2.75, 3.05) is 0 Å². The first-order valence-electron chi connectivity index (χ1n) is 5.45. The van der Waals surface area contributed by atoms with Crippen LogP contribution in [0.3, 0.4) is 0 Å². The Hall–Kier alpha value is -1.87. The second-order valence-electron chi connectivity index (χ2n) is 4.01. The van der Waals surface area contributed by atoms with Crippen molar-refractivity contribution in [1.29, 1.82) is 0 Å². The van der Waals surface area contributed by atoms with Crippen LogP contribution in [-0.4, -0.2) is 10.2 Å². The number of fused-ring (bicyclic) bond motifs is 2. The maximum Gasteiger partial charge on any atom is 0.103 e. The summed E-state index contributed by atoms with van der Waals surface area (Å²) < 4.78 is 0. The highest BCUT2D eigenvalue weighted by atomic mass is 32.2. The Morgan fingerprint density at radius 3 is 2.76 bits per heavy atom. The third kappa shape index (κ3) is 1.23. The quantitative estimate of drug-likeness (QED) is 0.465. The molecule has 0 atom stereocenters. The molecule has 2 aromatic carbocycles. The SMILES string of the molecule is c1ccc2c(c1)Sc1cccc3cnnc-2c13. The van der Waals surface area contributed by atoms with E-state index in [1.165, 1.54) is 20.7 Å². The van der Waals surface area contributed by atoms with Gasteiger partial charge in [-0.15, -0.1) is 5.10 Å². The van der Waals surface area contributed by atoms with Gasteiger partial charge in [-0.3, -0.25) is 0 Å². The van der Waals surface area contributed by atoms with E-state index in [0.29, 0.717) is 0 Å². The third-order valence-corrected chi connectivity index (χ3v) is 4.15. The summed E-state index contributed by atoms with van der Waals surface area (Å²) in [5.74, 6) is 0. The van der Waals surface area contributed by atoms with Crippen LogP contribution in [-0.2, 0) is 0 Å². The molecule has 17 heavy (non-hydrogen) atoms. The van der Waals surface area contributed by atoms with Gasteiger partial charge in [0.1, 0.15) is 5.69 Å². The van der Waals surface area contributed by atoms with Crippen molar-refractivity contribution < 1.29 is 0 Å². The Morgan fingerprint density at radius 2 is 1.76 bits per heavy atom. The second kappa shape index (κ2) is 3.31. The van der Waals surface area contributed by atoms with Gasteiger partial charge in [0, 0.05) is 26.1 Å². The summed E-state index contributed by atoms with van der Waals surface area (Å²) in [5.41, 5.74) is 2.20. The van der Waals surface area contributed by atoms with Gasteiger partial charge < -0.3 is 0 Å². The zero-order valence-electron chi connectivity index (χ0n) is 8.92. The fourth-order valence-electron chi connectivity index (χ4n) is 2.25. The van der Waals surface area contributed by atoms with Crippen LogP contribution in [0, 0.1) is 0 Å². The van der Waals surface area contributed by atoms with Crippen molar-refractivity contribution in [1.82, 2.24) is 10.2 Å². The van der Waals surface area contributed by atoms with E-state index in [4.69, 9.17) is 0 Å². The van der Waals surface area contributed by atoms with Crippen LogP contribution in [0.5, 0.6) is 0 Å². The molecule has 0 spiro atoms. The smallest absolute Gasteiger partial charge is 0.103 e. The van der Waals surface area contributed by atoms with Gasteiger partial charge in [0.25, 0.3) is 0 Å². The number of benzene rings is 2. The first-order valence-corrected chi connectivity index (χ1v) is 6.27. The highest BCUT2D eigenvalue weighted by Crippen LogP contribution is 2.45. The first kappa shape index (κ1) is 9.19. The first-order chi connectivity index (χ1) is 8.43. The molecule has 0 saturated carbocycles. The minimum atomic E-state index is 1.01. The van der Waals surface area contributed by atoms with E-state index in [9.17, 15) is 0 Å². The molecular formula is C14H8N2S. The van der Waals surface area contributed by atoms with E-state index >= 15 is 0 Å². The molecule has 0 radical (unpaired) electrons. The van der Waals surface area contributed by atoms with Gasteiger partial charge in [0.15, 0.2) is 0 Å². The molecule has 0 fully saturated rings. The molecule has 3 heteroatoms. The standard InChI is InChI=1S/C14H8N2S/c1-2-6-11-10(5-1)14-13-9(8-15-16-14)4-3-7-12(13)17-11/h1-8H. The maximum atomic E-state index is 4.32. The number of hydrogen-bond donors (Lipinski definition) is 0. The van der Waals surface area contributed by atoms with Crippen LogP contribution in [0.15, 0.2) is 58.5 Å². The number of hydrogen-bond acceptors (Lipinski definition) is 3. The molecule has 4 rings (SSSR count). The Morgan fingerprint density at radius 1 is 0.882 bits per heavy atom. The minimum absolute atomic E-state index is 1.01. The Bertz CT molecular complexity index is 732. The number of aromatic nitrogens is 2. The second-order valence-corrected chi connectivity index (χ2v) is 5.10. The Labute approximate surface area is 103 Å². The highest BCUT2D eigenvalue weighted by molar-refractivity contribution is 7.99. The van der Waals surface area contributed by atoms with Gasteiger partial charge >= 0.3 is 0 Å². The van der Waals surface area contributed by atoms with Gasteiger partial charge in [-0.05, 0) is 12.1 Å². The molecule has 2 heterocycles. The minimum Gasteiger partial charge on any atom is -0.158 e. The van der Waals surface area contributed by atoms with Crippen molar-refractivity contribution in [3.63, 3.8) is 0 Å². The van der Waals surface area contributed by atoms with E-state index in [-0.39, 0.29) is 0 Å². The molecule has 80 valence electrons. The van der Waals surface area contributed by atoms with Gasteiger partial charge in [-0.1, -0.05) is 42.1 Å². The molecule has 0 saturated heterocycles. The van der Waals surface area contributed by atoms with Crippen molar-refractivity contribution in [2.24, 2.45) is 0 Å². The van der Waals surface area contributed by atoms with E-state index < -0.39 is 0 Å². The normalized spacial score (nSPS) is 12.5. The lowest BCUT2D eigenvalue weighted by molar-refractivity contribution is 1.05. The predicted molar refractivity (Wildman–Crippen MR) is 69.1 cm³/mol. The van der Waals surface area contributed by atoms with Crippen LogP contribution in [0.2, 0.25) is 0 Å². The van der Waals surface area contributed by atoms with Crippen LogP contribution in [0.1, 0.15) is 0 Å². The summed E-state index contributed by atoms with van der Waals surface area (Å²) in [7, 11) is 0. The average Bonchev–Trinajstić information content (AvgIpc) is 2.39. The summed E-state index contributed by atoms with van der Waals surface area (Å²) >= 11 is 1.81. The van der Waals surface area contributed by atoms with Gasteiger partial charge in [-0.25, -0.2) is 0 Å². The maximum absolute atomic E-state index is 4.32. The molecular weight excluding hydrogens is 228 g/mol. The summed E-state index contributed by atoms with van der Waals surface area (Å²) in [5, 5.41) is 10.8. The molecule has 1 aromatic heterocycles. The molecule has 0 amide bonds. The molecule has 0 aliphatic carbocycles. The van der Waals surface area contributed by atoms with Crippen LogP contribution in [0.4, 0.5) is 0 Å². The summed E-state index contributed by atoms with van der Waals surface area (Å²) in [6, 6.07) is 14.7. The topological polar surface area (TPSA) is 25.8 Å². The lowest BCUT2D eigenvalue weighted by Gasteiger charge is -2.17. The lowest BCUT2D eigenvalue weighted by atomic mass is 10.0. The molecule has 3 aromatic rings. The van der Waals surface area contributed by atoms with Crippen molar-refractivity contribution in [3.05, 3.63) is 48.7 Å². The summed E-state index contributed by atoms with van der Waals surface area (Å²) in [6.45, 7) is 0. The molecule has 1 aliphatic heterocycles. The summed E-state index contributed by atoms with van der Waals surface area (Å²) in [4.78, 5) is 2.53. The van der Waals surface area contributed by atoms with E-state index in [0.717, 1.165) is 11.1 Å². The highest BCUT2D eigenvalue weighted by Gasteiger charge is 2.19. The largest absolute Gasteiger partial charge is 0.158 e. The van der Waals surface area contributed by atoms with Crippen molar-refractivity contribution in [2.45, 2.75) is 9.79 Å². The van der Waals surface area contributed by atoms with Crippen LogP contribution in [0.25, 0.3) is 22.0 Å². The van der Waals surface area contributed by atoms with Gasteiger partial charge in [-0.2, -0.15) is 5.10 Å². The Balaban J connectivity index is 2.22. The molecule has 2 nitrogen and oxygen atoms in total. The van der Waals surface area contributed by atoms with E-state index in [2.05, 4.69) is 46.6 Å². The van der Waals surface area contributed by atoms with Gasteiger partial charge in [0.2, 0.25) is 0 Å². The zero-order valence-corrected chi connectivity index (χ0v) is 9.74. The fourth-order valence-corrected chi connectivity index (χ4v) is 3.37. The predicted octanol–water partition coefficient (Wildman–Crippen LogP) is 3.76. The molecule has 0 unspecified atom stereocenters. The van der Waals surface area contributed by atoms with Crippen LogP contribution >= 0.6 is 11.8 Å². The average molecular weight is 236 g/mol. The lowest BCUT2D eigenvalue weighted by Crippen LogP contribution is -1.96. The van der Waals surface area contributed by atoms with Crippen LogP contribution < -0.4 is 0 Å². The zero-order chi connectivity index (χ0) is 11.2. The van der Waals surface area contributed by atoms with Crippen molar-refractivity contribution >= 4 is 22.5 Å². The summed E-state index contributed by atoms with van der Waals surface area (Å²) in [6.07, 6.45) is 1.83. The molecule has 0 N–H and O–H groups in total. The molecule has 1 aliphatic rings. The number of rotatable bonds is 0. The molecule has 0 bridgehead atoms. The monoisotopic (exact) mass is 236 g/mol.